The van der Waals surface area contributed by atoms with Crippen LogP contribution in [0.2, 0.25) is 0 Å². The van der Waals surface area contributed by atoms with E-state index in [2.05, 4.69) is 9.88 Å². The lowest BCUT2D eigenvalue weighted by Gasteiger charge is -2.44. The summed E-state index contributed by atoms with van der Waals surface area (Å²) in [5, 5.41) is 1.05. The number of carbonyl (C=O) groups is 1. The molecular formula is C18H21ClN2O. The minimum absolute atomic E-state index is 0. The Morgan fingerprint density at radius 1 is 1.23 bits per heavy atom. The van der Waals surface area contributed by atoms with Crippen molar-refractivity contribution < 1.29 is 4.79 Å². The van der Waals surface area contributed by atoms with E-state index in [0.29, 0.717) is 18.1 Å². The summed E-state index contributed by atoms with van der Waals surface area (Å²) < 4.78 is 0. The summed E-state index contributed by atoms with van der Waals surface area (Å²) in [6, 6.07) is 9.82. The Hall–Kier alpha value is -1.45. The Morgan fingerprint density at radius 2 is 2.05 bits per heavy atom. The van der Waals surface area contributed by atoms with Gasteiger partial charge in [0.05, 0.1) is 5.52 Å². The van der Waals surface area contributed by atoms with Gasteiger partial charge in [-0.05, 0) is 62.0 Å². The lowest BCUT2D eigenvalue weighted by atomic mass is 9.76. The fourth-order valence-electron chi connectivity index (χ4n) is 3.92. The molecule has 0 N–H and O–H groups in total. The third-order valence-corrected chi connectivity index (χ3v) is 5.16. The molecule has 5 rings (SSSR count). The Balaban J connectivity index is 0.00000144. The maximum Gasteiger partial charge on any atom is 0.163 e. The second kappa shape index (κ2) is 6.35. The average molecular weight is 317 g/mol. The molecule has 1 atom stereocenters. The predicted octanol–water partition coefficient (Wildman–Crippen LogP) is 3.57. The number of piperidine rings is 3. The Bertz CT molecular complexity index is 680. The second-order valence-electron chi connectivity index (χ2n) is 6.44. The van der Waals surface area contributed by atoms with E-state index in [1.165, 1.54) is 25.9 Å². The van der Waals surface area contributed by atoms with Crippen LogP contribution in [0.15, 0.2) is 36.5 Å². The van der Waals surface area contributed by atoms with Crippen LogP contribution in [0, 0.1) is 11.8 Å². The molecule has 22 heavy (non-hydrogen) atoms. The number of hydrogen-bond donors (Lipinski definition) is 0. The fourth-order valence-corrected chi connectivity index (χ4v) is 3.92. The Labute approximate surface area is 137 Å². The summed E-state index contributed by atoms with van der Waals surface area (Å²) in [6.07, 6.45) is 5.04. The van der Waals surface area contributed by atoms with Crippen LogP contribution in [-0.2, 0) is 0 Å². The molecular weight excluding hydrogens is 296 g/mol. The van der Waals surface area contributed by atoms with Crippen LogP contribution in [0.1, 0.15) is 29.6 Å². The van der Waals surface area contributed by atoms with E-state index in [1.807, 2.05) is 30.3 Å². The van der Waals surface area contributed by atoms with E-state index >= 15 is 0 Å². The van der Waals surface area contributed by atoms with Gasteiger partial charge in [0.1, 0.15) is 0 Å². The molecule has 3 aliphatic heterocycles. The molecule has 3 saturated heterocycles. The van der Waals surface area contributed by atoms with E-state index in [1.54, 1.807) is 6.20 Å². The van der Waals surface area contributed by atoms with E-state index < -0.39 is 0 Å². The third-order valence-electron chi connectivity index (χ3n) is 5.16. The molecule has 4 heteroatoms. The number of nitrogens with zero attached hydrogens (tertiary/aromatic N) is 2. The summed E-state index contributed by atoms with van der Waals surface area (Å²) in [6.45, 7) is 3.58. The first kappa shape index (κ1) is 15.4. The van der Waals surface area contributed by atoms with Crippen molar-refractivity contribution in [2.45, 2.75) is 19.3 Å². The van der Waals surface area contributed by atoms with Crippen LogP contribution in [0.25, 0.3) is 10.9 Å². The van der Waals surface area contributed by atoms with Crippen molar-refractivity contribution in [3.63, 3.8) is 0 Å². The summed E-state index contributed by atoms with van der Waals surface area (Å²) in [5.74, 6) is 1.62. The van der Waals surface area contributed by atoms with Gasteiger partial charge in [-0.25, -0.2) is 0 Å². The molecule has 3 fully saturated rings. The van der Waals surface area contributed by atoms with E-state index in [0.717, 1.165) is 28.9 Å². The lowest BCUT2D eigenvalue weighted by Crippen LogP contribution is -2.47. The van der Waals surface area contributed by atoms with E-state index in [4.69, 9.17) is 0 Å². The van der Waals surface area contributed by atoms with Gasteiger partial charge < -0.3 is 4.90 Å². The van der Waals surface area contributed by atoms with Crippen molar-refractivity contribution >= 4 is 29.1 Å². The van der Waals surface area contributed by atoms with Gasteiger partial charge in [-0.1, -0.05) is 6.07 Å². The lowest BCUT2D eigenvalue weighted by molar-refractivity contribution is 0.0441. The molecule has 3 nitrogen and oxygen atoms in total. The van der Waals surface area contributed by atoms with Gasteiger partial charge in [0.25, 0.3) is 0 Å². The van der Waals surface area contributed by atoms with Crippen LogP contribution in [-0.4, -0.2) is 35.3 Å². The van der Waals surface area contributed by atoms with Gasteiger partial charge in [-0.2, -0.15) is 0 Å². The molecule has 0 spiro atoms. The minimum atomic E-state index is 0. The molecule has 2 bridgehead atoms. The highest BCUT2D eigenvalue weighted by molar-refractivity contribution is 5.99. The van der Waals surface area contributed by atoms with Crippen LogP contribution in [0.3, 0.4) is 0 Å². The number of hydrogen-bond acceptors (Lipinski definition) is 3. The number of carbonyl (C=O) groups excluding carboxylic acids is 1. The number of halogens is 1. The number of aromatic nitrogens is 1. The van der Waals surface area contributed by atoms with Crippen molar-refractivity contribution in [2.24, 2.45) is 11.8 Å². The first-order valence-electron chi connectivity index (χ1n) is 7.90. The molecule has 116 valence electrons. The number of ketones is 1. The maximum atomic E-state index is 12.6. The highest BCUT2D eigenvalue weighted by atomic mass is 35.5. The highest BCUT2D eigenvalue weighted by Gasteiger charge is 2.35. The van der Waals surface area contributed by atoms with Gasteiger partial charge in [-0.15, -0.1) is 12.4 Å². The quantitative estimate of drug-likeness (QED) is 0.812. The standard InChI is InChI=1S/C18H20N2O.ClH/c21-18(11-16-12-20-8-5-13(16)6-9-20)15-3-4-17-14(10-15)2-1-7-19-17;/h1-4,7,10,13,16H,5-6,8-9,11-12H2;1H/t16-;/m0./s1. The third kappa shape index (κ3) is 2.88. The molecule has 0 radical (unpaired) electrons. The van der Waals surface area contributed by atoms with Gasteiger partial charge >= 0.3 is 0 Å². The van der Waals surface area contributed by atoms with Crippen molar-refractivity contribution in [1.82, 2.24) is 9.88 Å². The summed E-state index contributed by atoms with van der Waals surface area (Å²) >= 11 is 0. The van der Waals surface area contributed by atoms with Crippen LogP contribution >= 0.6 is 12.4 Å². The first-order valence-corrected chi connectivity index (χ1v) is 7.90. The smallest absolute Gasteiger partial charge is 0.163 e. The zero-order chi connectivity index (χ0) is 14.2. The predicted molar refractivity (Wildman–Crippen MR) is 90.6 cm³/mol. The number of Topliss-reactive ketones (excluding diaryl/α,β-unsaturated/α-hetero) is 1. The zero-order valence-corrected chi connectivity index (χ0v) is 13.4. The summed E-state index contributed by atoms with van der Waals surface area (Å²) in [5.41, 5.74) is 1.80. The Morgan fingerprint density at radius 3 is 2.77 bits per heavy atom. The first-order chi connectivity index (χ1) is 10.3. The monoisotopic (exact) mass is 316 g/mol. The molecule has 1 aromatic carbocycles. The maximum absolute atomic E-state index is 12.6. The van der Waals surface area contributed by atoms with Gasteiger partial charge in [-0.3, -0.25) is 9.78 Å². The van der Waals surface area contributed by atoms with Crippen LogP contribution < -0.4 is 0 Å². The number of rotatable bonds is 3. The number of pyridine rings is 1. The van der Waals surface area contributed by atoms with Crippen molar-refractivity contribution in [2.75, 3.05) is 19.6 Å². The SMILES string of the molecule is Cl.O=C(C[C@H]1CN2CCC1CC2)c1ccc2ncccc2c1. The topological polar surface area (TPSA) is 33.2 Å². The van der Waals surface area contributed by atoms with E-state index in [-0.39, 0.29) is 12.4 Å². The molecule has 3 aliphatic rings. The minimum Gasteiger partial charge on any atom is -0.303 e. The van der Waals surface area contributed by atoms with Crippen LogP contribution in [0.5, 0.6) is 0 Å². The largest absolute Gasteiger partial charge is 0.303 e. The van der Waals surface area contributed by atoms with Crippen LogP contribution in [0.4, 0.5) is 0 Å². The number of benzene rings is 1. The molecule has 0 unspecified atom stereocenters. The molecule has 1 aromatic heterocycles. The molecule has 0 amide bonds. The second-order valence-corrected chi connectivity index (χ2v) is 6.44. The van der Waals surface area contributed by atoms with Crippen molar-refractivity contribution in [3.05, 3.63) is 42.1 Å². The molecule has 0 aliphatic carbocycles. The highest BCUT2D eigenvalue weighted by Crippen LogP contribution is 2.35. The molecule has 0 saturated carbocycles. The zero-order valence-electron chi connectivity index (χ0n) is 12.6. The number of fused-ring (bicyclic) bond motifs is 4. The molecule has 4 heterocycles. The summed E-state index contributed by atoms with van der Waals surface area (Å²) in [4.78, 5) is 19.4. The molecule has 2 aromatic rings. The van der Waals surface area contributed by atoms with Gasteiger partial charge in [0.15, 0.2) is 5.78 Å². The Kier molecular flexibility index (Phi) is 4.46. The van der Waals surface area contributed by atoms with Gasteiger partial charge in [0, 0.05) is 30.1 Å². The van der Waals surface area contributed by atoms with Gasteiger partial charge in [0.2, 0.25) is 0 Å². The fraction of sp³-hybridized carbons (Fsp3) is 0.444. The normalized spacial score (nSPS) is 26.6. The van der Waals surface area contributed by atoms with Crippen molar-refractivity contribution in [1.29, 1.82) is 0 Å². The van der Waals surface area contributed by atoms with E-state index in [9.17, 15) is 4.79 Å². The average Bonchev–Trinajstić information content (AvgIpc) is 2.55. The summed E-state index contributed by atoms with van der Waals surface area (Å²) in [7, 11) is 0. The van der Waals surface area contributed by atoms with Crippen molar-refractivity contribution in [3.8, 4) is 0 Å².